The summed E-state index contributed by atoms with van der Waals surface area (Å²) in [4.78, 5) is 29.4. The first-order valence-electron chi connectivity index (χ1n) is 9.03. The highest BCUT2D eigenvalue weighted by Gasteiger charge is 2.41. The molecule has 2 rings (SSSR count). The van der Waals surface area contributed by atoms with E-state index >= 15 is 0 Å². The highest BCUT2D eigenvalue weighted by atomic mass is 16.5. The standard InChI is InChI=1S/C20H28N2O5/c1-25-13-7-10-22-19(23)17(16-8-5-4-6-9-16)18(20(22)24)21(11-14-26-2)12-15-27-3/h4-6,8-9H,7,10-15H2,1-3H3. The molecule has 0 radical (unpaired) electrons. The fourth-order valence-corrected chi connectivity index (χ4v) is 3.03. The summed E-state index contributed by atoms with van der Waals surface area (Å²) in [5, 5.41) is 0. The minimum Gasteiger partial charge on any atom is -0.385 e. The minimum atomic E-state index is -0.276. The van der Waals surface area contributed by atoms with Gasteiger partial charge in [0.1, 0.15) is 5.70 Å². The molecule has 1 aliphatic rings. The van der Waals surface area contributed by atoms with Gasteiger partial charge in [-0.2, -0.15) is 0 Å². The maximum atomic E-state index is 13.1. The van der Waals surface area contributed by atoms with Gasteiger partial charge in [0, 0.05) is 47.6 Å². The number of methoxy groups -OCH3 is 3. The molecule has 0 unspecified atom stereocenters. The normalized spacial score (nSPS) is 14.4. The van der Waals surface area contributed by atoms with Gasteiger partial charge in [-0.3, -0.25) is 14.5 Å². The second kappa shape index (κ2) is 10.8. The Labute approximate surface area is 160 Å². The van der Waals surface area contributed by atoms with Crippen LogP contribution in [-0.2, 0) is 23.8 Å². The zero-order chi connectivity index (χ0) is 19.6. The molecule has 0 fully saturated rings. The van der Waals surface area contributed by atoms with E-state index in [0.717, 1.165) is 5.56 Å². The van der Waals surface area contributed by atoms with Crippen LogP contribution in [0.25, 0.3) is 5.57 Å². The van der Waals surface area contributed by atoms with Crippen molar-refractivity contribution in [2.24, 2.45) is 0 Å². The van der Waals surface area contributed by atoms with Gasteiger partial charge in [0.15, 0.2) is 0 Å². The molecule has 1 aromatic rings. The second-order valence-corrected chi connectivity index (χ2v) is 6.17. The van der Waals surface area contributed by atoms with Crippen LogP contribution in [0.5, 0.6) is 0 Å². The number of carbonyl (C=O) groups excluding carboxylic acids is 2. The molecule has 7 nitrogen and oxygen atoms in total. The number of rotatable bonds is 12. The first-order valence-corrected chi connectivity index (χ1v) is 9.03. The van der Waals surface area contributed by atoms with E-state index in [1.165, 1.54) is 4.90 Å². The van der Waals surface area contributed by atoms with E-state index in [9.17, 15) is 9.59 Å². The summed E-state index contributed by atoms with van der Waals surface area (Å²) in [5.74, 6) is -0.542. The molecule has 0 aromatic heterocycles. The van der Waals surface area contributed by atoms with E-state index in [0.29, 0.717) is 57.1 Å². The maximum absolute atomic E-state index is 13.1. The molecule has 0 bridgehead atoms. The van der Waals surface area contributed by atoms with Gasteiger partial charge in [0.2, 0.25) is 0 Å². The summed E-state index contributed by atoms with van der Waals surface area (Å²) in [7, 11) is 4.82. The van der Waals surface area contributed by atoms with Crippen molar-refractivity contribution >= 4 is 17.4 Å². The van der Waals surface area contributed by atoms with E-state index in [-0.39, 0.29) is 11.8 Å². The molecule has 0 atom stereocenters. The van der Waals surface area contributed by atoms with Crippen molar-refractivity contribution in [3.8, 4) is 0 Å². The maximum Gasteiger partial charge on any atom is 0.277 e. The molecule has 0 spiro atoms. The lowest BCUT2D eigenvalue weighted by atomic mass is 10.0. The largest absolute Gasteiger partial charge is 0.385 e. The Morgan fingerprint density at radius 3 is 2.00 bits per heavy atom. The lowest BCUT2D eigenvalue weighted by Crippen LogP contribution is -2.38. The summed E-state index contributed by atoms with van der Waals surface area (Å²) >= 11 is 0. The van der Waals surface area contributed by atoms with Crippen LogP contribution in [0.4, 0.5) is 0 Å². The van der Waals surface area contributed by atoms with Gasteiger partial charge in [0.25, 0.3) is 11.8 Å². The average Bonchev–Trinajstić information content (AvgIpc) is 2.93. The molecule has 0 saturated carbocycles. The molecular weight excluding hydrogens is 348 g/mol. The van der Waals surface area contributed by atoms with Crippen LogP contribution in [0.2, 0.25) is 0 Å². The third-order valence-corrected chi connectivity index (χ3v) is 4.38. The van der Waals surface area contributed by atoms with Gasteiger partial charge in [-0.25, -0.2) is 0 Å². The van der Waals surface area contributed by atoms with Crippen LogP contribution in [0.1, 0.15) is 12.0 Å². The molecular formula is C20H28N2O5. The summed E-state index contributed by atoms with van der Waals surface area (Å²) < 4.78 is 15.4. The Morgan fingerprint density at radius 1 is 0.852 bits per heavy atom. The number of imide groups is 1. The molecule has 1 aliphatic heterocycles. The van der Waals surface area contributed by atoms with Gasteiger partial charge in [-0.05, 0) is 12.0 Å². The Bertz CT molecular complexity index is 652. The van der Waals surface area contributed by atoms with E-state index < -0.39 is 0 Å². The van der Waals surface area contributed by atoms with Gasteiger partial charge in [-0.15, -0.1) is 0 Å². The number of benzene rings is 1. The van der Waals surface area contributed by atoms with Gasteiger partial charge in [0.05, 0.1) is 18.8 Å². The second-order valence-electron chi connectivity index (χ2n) is 6.17. The molecule has 0 N–H and O–H groups in total. The van der Waals surface area contributed by atoms with Crippen molar-refractivity contribution < 1.29 is 23.8 Å². The predicted molar refractivity (Wildman–Crippen MR) is 102 cm³/mol. The Balaban J connectivity index is 2.41. The quantitative estimate of drug-likeness (QED) is 0.406. The summed E-state index contributed by atoms with van der Waals surface area (Å²) in [6, 6.07) is 9.31. The van der Waals surface area contributed by atoms with Crippen LogP contribution in [0.15, 0.2) is 36.0 Å². The smallest absolute Gasteiger partial charge is 0.277 e. The van der Waals surface area contributed by atoms with Crippen LogP contribution in [0.3, 0.4) is 0 Å². The monoisotopic (exact) mass is 376 g/mol. The summed E-state index contributed by atoms with van der Waals surface area (Å²) in [5.41, 5.74) is 1.59. The zero-order valence-electron chi connectivity index (χ0n) is 16.3. The zero-order valence-corrected chi connectivity index (χ0v) is 16.3. The number of hydrogen-bond acceptors (Lipinski definition) is 6. The highest BCUT2D eigenvalue weighted by molar-refractivity contribution is 6.35. The summed E-state index contributed by atoms with van der Waals surface area (Å²) in [6.07, 6.45) is 0.597. The lowest BCUT2D eigenvalue weighted by molar-refractivity contribution is -0.137. The number of nitrogens with zero attached hydrogens (tertiary/aromatic N) is 2. The van der Waals surface area contributed by atoms with Crippen molar-refractivity contribution in [1.82, 2.24) is 9.80 Å². The van der Waals surface area contributed by atoms with Gasteiger partial charge < -0.3 is 19.1 Å². The first-order chi connectivity index (χ1) is 13.2. The Hall–Kier alpha value is -2.22. The van der Waals surface area contributed by atoms with E-state index in [2.05, 4.69) is 0 Å². The van der Waals surface area contributed by atoms with Crippen LogP contribution in [0, 0.1) is 0 Å². The lowest BCUT2D eigenvalue weighted by Gasteiger charge is -2.25. The number of ether oxygens (including phenoxy) is 3. The Kier molecular flexibility index (Phi) is 8.44. The molecule has 27 heavy (non-hydrogen) atoms. The molecule has 2 amide bonds. The van der Waals surface area contributed by atoms with Crippen molar-refractivity contribution in [1.29, 1.82) is 0 Å². The van der Waals surface area contributed by atoms with Crippen LogP contribution in [-0.4, -0.2) is 82.4 Å². The van der Waals surface area contributed by atoms with Crippen molar-refractivity contribution in [3.05, 3.63) is 41.6 Å². The SMILES string of the molecule is COCCCN1C(=O)C(c2ccccc2)=C(N(CCOC)CCOC)C1=O. The highest BCUT2D eigenvalue weighted by Crippen LogP contribution is 2.31. The van der Waals surface area contributed by atoms with E-state index in [4.69, 9.17) is 14.2 Å². The third-order valence-electron chi connectivity index (χ3n) is 4.38. The minimum absolute atomic E-state index is 0.267. The topological polar surface area (TPSA) is 68.3 Å². The molecule has 1 aromatic carbocycles. The average molecular weight is 376 g/mol. The molecule has 148 valence electrons. The van der Waals surface area contributed by atoms with E-state index in [1.54, 1.807) is 21.3 Å². The fourth-order valence-electron chi connectivity index (χ4n) is 3.03. The van der Waals surface area contributed by atoms with Gasteiger partial charge >= 0.3 is 0 Å². The van der Waals surface area contributed by atoms with Crippen molar-refractivity contribution in [3.63, 3.8) is 0 Å². The van der Waals surface area contributed by atoms with Gasteiger partial charge in [-0.1, -0.05) is 30.3 Å². The molecule has 0 saturated heterocycles. The fraction of sp³-hybridized carbons (Fsp3) is 0.500. The third kappa shape index (κ3) is 5.15. The predicted octanol–water partition coefficient (Wildman–Crippen LogP) is 1.40. The summed E-state index contributed by atoms with van der Waals surface area (Å²) in [6.45, 7) is 2.70. The number of hydrogen-bond donors (Lipinski definition) is 0. The number of amides is 2. The molecule has 7 heteroatoms. The Morgan fingerprint density at radius 2 is 1.44 bits per heavy atom. The van der Waals surface area contributed by atoms with Crippen molar-refractivity contribution in [2.75, 3.05) is 60.8 Å². The first kappa shape index (κ1) is 21.1. The van der Waals surface area contributed by atoms with Crippen LogP contribution >= 0.6 is 0 Å². The molecule has 0 aliphatic carbocycles. The van der Waals surface area contributed by atoms with Crippen molar-refractivity contribution in [2.45, 2.75) is 6.42 Å². The molecule has 1 heterocycles. The number of carbonyl (C=O) groups is 2. The van der Waals surface area contributed by atoms with Crippen LogP contribution < -0.4 is 0 Å². The van der Waals surface area contributed by atoms with E-state index in [1.807, 2.05) is 35.2 Å².